The smallest absolute Gasteiger partial charge is 0.331 e. The summed E-state index contributed by atoms with van der Waals surface area (Å²) in [6.45, 7) is 3.28. The van der Waals surface area contributed by atoms with E-state index in [2.05, 4.69) is 22.2 Å². The van der Waals surface area contributed by atoms with Crippen molar-refractivity contribution in [3.05, 3.63) is 36.8 Å². The Labute approximate surface area is 203 Å². The minimum atomic E-state index is -0.413. The van der Waals surface area contributed by atoms with Gasteiger partial charge in [-0.25, -0.2) is 14.8 Å². The third-order valence-electron chi connectivity index (χ3n) is 6.51. The lowest BCUT2D eigenvalue weighted by Crippen LogP contribution is -2.52. The molecule has 182 valence electrons. The summed E-state index contributed by atoms with van der Waals surface area (Å²) in [6.07, 6.45) is 3.76. The van der Waals surface area contributed by atoms with E-state index < -0.39 is 6.03 Å². The van der Waals surface area contributed by atoms with Crippen LogP contribution in [0.25, 0.3) is 11.0 Å². The van der Waals surface area contributed by atoms with Gasteiger partial charge in [0.2, 0.25) is 5.91 Å². The van der Waals surface area contributed by atoms with Crippen molar-refractivity contribution in [3.63, 3.8) is 0 Å². The van der Waals surface area contributed by atoms with E-state index in [1.807, 2.05) is 18.0 Å². The van der Waals surface area contributed by atoms with Crippen LogP contribution in [0.3, 0.4) is 0 Å². The molecule has 3 aromatic rings. The lowest BCUT2D eigenvalue weighted by Gasteiger charge is -2.42. The zero-order chi connectivity index (χ0) is 25.1. The summed E-state index contributed by atoms with van der Waals surface area (Å²) >= 11 is 0. The zero-order valence-electron chi connectivity index (χ0n) is 19.9. The number of nitriles is 1. The van der Waals surface area contributed by atoms with E-state index in [-0.39, 0.29) is 18.4 Å². The molecule has 2 atom stereocenters. The van der Waals surface area contributed by atoms with E-state index in [1.165, 1.54) is 10.9 Å². The van der Waals surface area contributed by atoms with Crippen molar-refractivity contribution in [2.45, 2.75) is 25.8 Å². The van der Waals surface area contributed by atoms with E-state index in [9.17, 15) is 9.59 Å². The van der Waals surface area contributed by atoms with Gasteiger partial charge in [0.05, 0.1) is 36.0 Å². The molecule has 0 radical (unpaired) electrons. The van der Waals surface area contributed by atoms with Crippen molar-refractivity contribution in [2.75, 3.05) is 43.2 Å². The van der Waals surface area contributed by atoms with Crippen molar-refractivity contribution in [3.8, 4) is 11.8 Å². The Bertz CT molecular complexity index is 1300. The highest BCUT2D eigenvalue weighted by Crippen LogP contribution is 2.30. The minimum absolute atomic E-state index is 0.000710. The lowest BCUT2D eigenvalue weighted by atomic mass is 9.92. The second-order valence-corrected chi connectivity index (χ2v) is 8.62. The highest BCUT2D eigenvalue weighted by Gasteiger charge is 2.33. The number of piperidine rings is 1. The fourth-order valence-corrected chi connectivity index (χ4v) is 4.46. The maximum atomic E-state index is 13.0. The molecule has 0 saturated carbocycles. The second kappa shape index (κ2) is 9.89. The number of ether oxygens (including phenoxy) is 1. The molecule has 0 spiro atoms. The van der Waals surface area contributed by atoms with Crippen molar-refractivity contribution in [2.24, 2.45) is 5.92 Å². The normalized spacial score (nSPS) is 17.6. The number of carbonyl (C=O) groups excluding carboxylic acids is 2. The van der Waals surface area contributed by atoms with Gasteiger partial charge < -0.3 is 25.6 Å². The van der Waals surface area contributed by atoms with E-state index in [4.69, 9.17) is 15.7 Å². The number of aromatic nitrogens is 3. The monoisotopic (exact) mass is 476 g/mol. The molecule has 3 heterocycles. The summed E-state index contributed by atoms with van der Waals surface area (Å²) in [5.74, 6) is 1.40. The molecule has 0 bridgehead atoms. The first-order valence-corrected chi connectivity index (χ1v) is 11.3. The predicted molar refractivity (Wildman–Crippen MR) is 132 cm³/mol. The van der Waals surface area contributed by atoms with Gasteiger partial charge in [-0.05, 0) is 30.5 Å². The number of amides is 2. The fourth-order valence-electron chi connectivity index (χ4n) is 4.46. The van der Waals surface area contributed by atoms with E-state index in [1.54, 1.807) is 42.5 Å². The molecule has 1 aliphatic rings. The summed E-state index contributed by atoms with van der Waals surface area (Å²) in [4.78, 5) is 37.9. The zero-order valence-corrected chi connectivity index (χ0v) is 19.9. The number of nitrogens with zero attached hydrogens (tertiary/aromatic N) is 6. The predicted octanol–water partition coefficient (Wildman–Crippen LogP) is 2.69. The van der Waals surface area contributed by atoms with Crippen LogP contribution in [-0.4, -0.2) is 64.7 Å². The van der Waals surface area contributed by atoms with Crippen LogP contribution >= 0.6 is 0 Å². The van der Waals surface area contributed by atoms with Crippen LogP contribution in [0, 0.1) is 17.2 Å². The first kappa shape index (κ1) is 23.8. The first-order valence-electron chi connectivity index (χ1n) is 11.3. The van der Waals surface area contributed by atoms with Gasteiger partial charge in [0.1, 0.15) is 24.3 Å². The summed E-state index contributed by atoms with van der Waals surface area (Å²) in [5.41, 5.74) is 7.33. The summed E-state index contributed by atoms with van der Waals surface area (Å²) in [5, 5.41) is 12.4. The van der Waals surface area contributed by atoms with Crippen LogP contribution in [0.15, 0.2) is 36.8 Å². The van der Waals surface area contributed by atoms with Gasteiger partial charge in [0.15, 0.2) is 5.65 Å². The molecule has 11 heteroatoms. The number of methoxy groups -OCH3 is 1. The molecule has 3 N–H and O–H groups in total. The Morgan fingerprint density at radius 2 is 2.14 bits per heavy atom. The molecule has 35 heavy (non-hydrogen) atoms. The van der Waals surface area contributed by atoms with Crippen molar-refractivity contribution in [1.82, 2.24) is 19.4 Å². The molecule has 1 saturated heterocycles. The average Bonchev–Trinajstić information content (AvgIpc) is 3.29. The van der Waals surface area contributed by atoms with Crippen LogP contribution in [0.1, 0.15) is 19.8 Å². The number of nitrogens with two attached hydrogens (primary N) is 1. The molecule has 4 rings (SSSR count). The number of anilines is 3. The van der Waals surface area contributed by atoms with E-state index in [0.29, 0.717) is 53.0 Å². The highest BCUT2D eigenvalue weighted by atomic mass is 16.5. The van der Waals surface area contributed by atoms with E-state index >= 15 is 0 Å². The van der Waals surface area contributed by atoms with Gasteiger partial charge in [0.25, 0.3) is 0 Å². The van der Waals surface area contributed by atoms with Crippen LogP contribution in [0.4, 0.5) is 22.0 Å². The maximum absolute atomic E-state index is 13.0. The minimum Gasteiger partial charge on any atom is -0.497 e. The largest absolute Gasteiger partial charge is 0.497 e. The molecule has 11 nitrogen and oxygen atoms in total. The number of hydrogen-bond donors (Lipinski definition) is 2. The quantitative estimate of drug-likeness (QED) is 0.535. The van der Waals surface area contributed by atoms with Gasteiger partial charge in [-0.15, -0.1) is 0 Å². The Balaban J connectivity index is 1.59. The van der Waals surface area contributed by atoms with Crippen LogP contribution in [0.5, 0.6) is 5.75 Å². The van der Waals surface area contributed by atoms with Gasteiger partial charge >= 0.3 is 6.03 Å². The summed E-state index contributed by atoms with van der Waals surface area (Å²) in [7, 11) is 3.47. The van der Waals surface area contributed by atoms with Gasteiger partial charge in [-0.1, -0.05) is 6.92 Å². The maximum Gasteiger partial charge on any atom is 0.331 e. The van der Waals surface area contributed by atoms with Crippen molar-refractivity contribution in [1.29, 1.82) is 5.26 Å². The summed E-state index contributed by atoms with van der Waals surface area (Å²) in [6, 6.07) is 8.34. The van der Waals surface area contributed by atoms with Gasteiger partial charge in [0, 0.05) is 32.4 Å². The molecule has 0 unspecified atom stereocenters. The number of nitrogen functional groups attached to an aromatic ring is 1. The van der Waals surface area contributed by atoms with Crippen molar-refractivity contribution >= 4 is 40.2 Å². The number of rotatable bonds is 5. The third kappa shape index (κ3) is 4.68. The number of nitrogens with one attached hydrogen (secondary N) is 1. The van der Waals surface area contributed by atoms with Crippen LogP contribution in [0.2, 0.25) is 0 Å². The number of benzene rings is 1. The number of hydrogen-bond acceptors (Lipinski definition) is 8. The average molecular weight is 477 g/mol. The Morgan fingerprint density at radius 3 is 2.86 bits per heavy atom. The molecular weight excluding hydrogens is 448 g/mol. The van der Waals surface area contributed by atoms with E-state index in [0.717, 1.165) is 6.42 Å². The second-order valence-electron chi connectivity index (χ2n) is 8.62. The molecule has 2 amide bonds. The lowest BCUT2D eigenvalue weighted by molar-refractivity contribution is -0.131. The molecule has 1 aliphatic heterocycles. The number of likely N-dealkylation sites (tertiary alicyclic amines) is 1. The first-order chi connectivity index (χ1) is 16.8. The van der Waals surface area contributed by atoms with Gasteiger partial charge in [-0.3, -0.25) is 9.36 Å². The van der Waals surface area contributed by atoms with Crippen LogP contribution in [-0.2, 0) is 4.79 Å². The SMILES string of the molecule is COc1ccc(NC(=O)n2ccc3c(N(C)[C@H]4CN(C(=O)CC#N)CC[C@H]4C)ncnc32)c(N)c1. The van der Waals surface area contributed by atoms with Gasteiger partial charge in [-0.2, -0.15) is 5.26 Å². The number of fused-ring (bicyclic) bond motifs is 1. The molecule has 1 aromatic carbocycles. The van der Waals surface area contributed by atoms with Crippen molar-refractivity contribution < 1.29 is 14.3 Å². The number of likely N-dealkylation sites (N-methyl/N-ethyl adjacent to an activating group) is 1. The third-order valence-corrected chi connectivity index (χ3v) is 6.51. The topological polar surface area (TPSA) is 142 Å². The summed E-state index contributed by atoms with van der Waals surface area (Å²) < 4.78 is 6.56. The Morgan fingerprint density at radius 1 is 1.34 bits per heavy atom. The fraction of sp³-hybridized carbons (Fsp3) is 0.375. The standard InChI is InChI=1S/C24H28N8O3/c1-15-7-10-31(21(33)6-9-25)13-20(15)30(2)22-17-8-11-32(23(17)28-14-27-22)24(34)29-19-5-4-16(35-3)12-18(19)26/h4-5,8,11-12,14-15,20H,6-7,10,13,26H2,1-3H3,(H,29,34)/t15-,20+/m1/s1. The Hall–Kier alpha value is -4.33. The molecular formula is C24H28N8O3. The van der Waals surface area contributed by atoms with Crippen LogP contribution < -0.4 is 20.7 Å². The number of carbonyl (C=O) groups is 2. The highest BCUT2D eigenvalue weighted by molar-refractivity contribution is 6.01. The Kier molecular flexibility index (Phi) is 6.73. The molecule has 0 aliphatic carbocycles. The molecule has 1 fully saturated rings. The molecule has 2 aromatic heterocycles.